The summed E-state index contributed by atoms with van der Waals surface area (Å²) in [6.45, 7) is 3.73. The third kappa shape index (κ3) is 3.34. The second-order valence-electron chi connectivity index (χ2n) is 4.72. The van der Waals surface area contributed by atoms with E-state index in [1.165, 1.54) is 12.3 Å². The van der Waals surface area contributed by atoms with Crippen LogP contribution >= 0.6 is 0 Å². The lowest BCUT2D eigenvalue weighted by Gasteiger charge is -2.16. The summed E-state index contributed by atoms with van der Waals surface area (Å²) < 4.78 is 0. The van der Waals surface area contributed by atoms with Crippen LogP contribution in [-0.4, -0.2) is 9.91 Å². The summed E-state index contributed by atoms with van der Waals surface area (Å²) >= 11 is 0. The Morgan fingerprint density at radius 1 is 1.38 bits per heavy atom. The zero-order valence-corrected chi connectivity index (χ0v) is 11.7. The summed E-state index contributed by atoms with van der Waals surface area (Å²) in [7, 11) is 0. The van der Waals surface area contributed by atoms with E-state index in [0.717, 1.165) is 5.56 Å². The number of benzene rings is 1. The molecule has 0 saturated heterocycles. The Labute approximate surface area is 122 Å². The number of nitrogens with zero attached hydrogens (tertiary/aromatic N) is 3. The highest BCUT2D eigenvalue weighted by molar-refractivity contribution is 5.49. The van der Waals surface area contributed by atoms with Crippen molar-refractivity contribution in [1.29, 1.82) is 5.26 Å². The van der Waals surface area contributed by atoms with Crippen molar-refractivity contribution in [3.8, 4) is 6.07 Å². The Balaban J connectivity index is 2.17. The predicted molar refractivity (Wildman–Crippen MR) is 78.8 cm³/mol. The van der Waals surface area contributed by atoms with Crippen LogP contribution in [0.4, 0.5) is 11.5 Å². The molecule has 2 rings (SSSR count). The average molecular weight is 282 g/mol. The Hall–Kier alpha value is -2.94. The first-order chi connectivity index (χ1) is 10.0. The van der Waals surface area contributed by atoms with Crippen LogP contribution in [0.15, 0.2) is 36.5 Å². The highest BCUT2D eigenvalue weighted by Gasteiger charge is 2.12. The van der Waals surface area contributed by atoms with Gasteiger partial charge >= 0.3 is 0 Å². The summed E-state index contributed by atoms with van der Waals surface area (Å²) in [5, 5.41) is 22.7. The molecule has 1 heterocycles. The molecule has 0 aliphatic heterocycles. The van der Waals surface area contributed by atoms with Crippen LogP contribution in [0.5, 0.6) is 0 Å². The quantitative estimate of drug-likeness (QED) is 0.685. The van der Waals surface area contributed by atoms with Crippen LogP contribution < -0.4 is 5.32 Å². The number of aryl methyl sites for hydroxylation is 1. The van der Waals surface area contributed by atoms with Crippen LogP contribution in [-0.2, 0) is 0 Å². The largest absolute Gasteiger partial charge is 0.363 e. The molecule has 1 atom stereocenters. The van der Waals surface area contributed by atoms with Crippen LogP contribution in [0.3, 0.4) is 0 Å². The van der Waals surface area contributed by atoms with Crippen LogP contribution in [0.25, 0.3) is 0 Å². The summed E-state index contributed by atoms with van der Waals surface area (Å²) in [6.07, 6.45) is 1.24. The van der Waals surface area contributed by atoms with E-state index in [9.17, 15) is 10.1 Å². The van der Waals surface area contributed by atoms with E-state index < -0.39 is 4.92 Å². The molecule has 1 aromatic heterocycles. The normalized spacial score (nSPS) is 11.5. The molecule has 0 spiro atoms. The molecule has 1 unspecified atom stereocenters. The Morgan fingerprint density at radius 2 is 2.05 bits per heavy atom. The molecule has 106 valence electrons. The molecule has 6 nitrogen and oxygen atoms in total. The van der Waals surface area contributed by atoms with Gasteiger partial charge in [-0.3, -0.25) is 10.1 Å². The van der Waals surface area contributed by atoms with E-state index in [-0.39, 0.29) is 11.7 Å². The lowest BCUT2D eigenvalue weighted by molar-refractivity contribution is -0.385. The molecule has 6 heteroatoms. The Kier molecular flexibility index (Phi) is 4.14. The maximum atomic E-state index is 10.7. The highest BCUT2D eigenvalue weighted by atomic mass is 16.6. The van der Waals surface area contributed by atoms with Crippen LogP contribution in [0.2, 0.25) is 0 Å². The first kappa shape index (κ1) is 14.5. The molecule has 0 bridgehead atoms. The zero-order chi connectivity index (χ0) is 15.4. The maximum absolute atomic E-state index is 10.7. The second-order valence-corrected chi connectivity index (χ2v) is 4.72. The zero-order valence-electron chi connectivity index (χ0n) is 11.7. The summed E-state index contributed by atoms with van der Waals surface area (Å²) in [5.41, 5.74) is 2.30. The standard InChI is InChI=1S/C15H14N4O2/c1-10-7-14(19(20)21)9-17-15(10)18-11(2)13-5-3-12(8-16)4-6-13/h3-7,9,11H,1-2H3,(H,17,18). The molecule has 0 amide bonds. The number of hydrogen-bond acceptors (Lipinski definition) is 5. The molecule has 0 saturated carbocycles. The summed E-state index contributed by atoms with van der Waals surface area (Å²) in [4.78, 5) is 14.3. The van der Waals surface area contributed by atoms with Crippen molar-refractivity contribution in [2.75, 3.05) is 5.32 Å². The number of rotatable bonds is 4. The van der Waals surface area contributed by atoms with Crippen molar-refractivity contribution in [2.45, 2.75) is 19.9 Å². The van der Waals surface area contributed by atoms with Gasteiger partial charge in [0, 0.05) is 12.1 Å². The first-order valence-electron chi connectivity index (χ1n) is 6.39. The maximum Gasteiger partial charge on any atom is 0.287 e. The van der Waals surface area contributed by atoms with E-state index in [4.69, 9.17) is 5.26 Å². The van der Waals surface area contributed by atoms with Gasteiger partial charge in [-0.1, -0.05) is 12.1 Å². The van der Waals surface area contributed by atoms with E-state index in [0.29, 0.717) is 16.9 Å². The number of pyridine rings is 1. The molecule has 0 fully saturated rings. The van der Waals surface area contributed by atoms with Gasteiger partial charge in [-0.2, -0.15) is 5.26 Å². The second kappa shape index (κ2) is 6.01. The SMILES string of the molecule is Cc1cc([N+](=O)[O-])cnc1NC(C)c1ccc(C#N)cc1. The molecule has 1 N–H and O–H groups in total. The monoisotopic (exact) mass is 282 g/mol. The fraction of sp³-hybridized carbons (Fsp3) is 0.200. The van der Waals surface area contributed by atoms with Crippen molar-refractivity contribution >= 4 is 11.5 Å². The topological polar surface area (TPSA) is 91.8 Å². The van der Waals surface area contributed by atoms with Gasteiger partial charge in [-0.25, -0.2) is 4.98 Å². The third-order valence-electron chi connectivity index (χ3n) is 3.17. The van der Waals surface area contributed by atoms with Gasteiger partial charge in [0.2, 0.25) is 0 Å². The third-order valence-corrected chi connectivity index (χ3v) is 3.17. The molecule has 21 heavy (non-hydrogen) atoms. The lowest BCUT2D eigenvalue weighted by Crippen LogP contribution is -2.09. The molecular weight excluding hydrogens is 268 g/mol. The fourth-order valence-corrected chi connectivity index (χ4v) is 1.95. The molecular formula is C15H14N4O2. The van der Waals surface area contributed by atoms with Crippen molar-refractivity contribution in [3.05, 3.63) is 63.3 Å². The number of nitriles is 1. The summed E-state index contributed by atoms with van der Waals surface area (Å²) in [5.74, 6) is 0.609. The van der Waals surface area contributed by atoms with Gasteiger partial charge in [0.05, 0.1) is 16.6 Å². The van der Waals surface area contributed by atoms with Crippen LogP contribution in [0, 0.1) is 28.4 Å². The average Bonchev–Trinajstić information content (AvgIpc) is 2.49. The van der Waals surface area contributed by atoms with Gasteiger partial charge in [0.15, 0.2) is 0 Å². The lowest BCUT2D eigenvalue weighted by atomic mass is 10.1. The van der Waals surface area contributed by atoms with Crippen molar-refractivity contribution in [1.82, 2.24) is 4.98 Å². The molecule has 2 aromatic rings. The number of nitro groups is 1. The van der Waals surface area contributed by atoms with E-state index >= 15 is 0 Å². The molecule has 0 aliphatic rings. The van der Waals surface area contributed by atoms with Crippen LogP contribution in [0.1, 0.15) is 29.7 Å². The van der Waals surface area contributed by atoms with Gasteiger partial charge in [-0.05, 0) is 37.1 Å². The minimum absolute atomic E-state index is 0.0228. The van der Waals surface area contributed by atoms with Gasteiger partial charge in [-0.15, -0.1) is 0 Å². The minimum atomic E-state index is -0.464. The fourth-order valence-electron chi connectivity index (χ4n) is 1.95. The Morgan fingerprint density at radius 3 is 2.57 bits per heavy atom. The molecule has 1 aromatic carbocycles. The van der Waals surface area contributed by atoms with Gasteiger partial charge < -0.3 is 5.32 Å². The predicted octanol–water partition coefficient (Wildman–Crippen LogP) is 3.34. The molecule has 0 aliphatic carbocycles. The van der Waals surface area contributed by atoms with Crippen molar-refractivity contribution in [2.24, 2.45) is 0 Å². The first-order valence-corrected chi connectivity index (χ1v) is 6.39. The number of nitrogens with one attached hydrogen (secondary N) is 1. The van der Waals surface area contributed by atoms with Crippen molar-refractivity contribution < 1.29 is 4.92 Å². The van der Waals surface area contributed by atoms with Crippen molar-refractivity contribution in [3.63, 3.8) is 0 Å². The van der Waals surface area contributed by atoms with E-state index in [2.05, 4.69) is 16.4 Å². The van der Waals surface area contributed by atoms with Gasteiger partial charge in [0.25, 0.3) is 5.69 Å². The summed E-state index contributed by atoms with van der Waals surface area (Å²) in [6, 6.07) is 10.8. The highest BCUT2D eigenvalue weighted by Crippen LogP contribution is 2.23. The van der Waals surface area contributed by atoms with E-state index in [1.54, 1.807) is 19.1 Å². The number of anilines is 1. The number of hydrogen-bond donors (Lipinski definition) is 1. The minimum Gasteiger partial charge on any atom is -0.363 e. The van der Waals surface area contributed by atoms with Gasteiger partial charge in [0.1, 0.15) is 12.0 Å². The smallest absolute Gasteiger partial charge is 0.287 e. The number of aromatic nitrogens is 1. The Bertz CT molecular complexity index is 705. The molecule has 0 radical (unpaired) electrons. The van der Waals surface area contributed by atoms with E-state index in [1.807, 2.05) is 19.1 Å².